The topological polar surface area (TPSA) is 115 Å². The maximum atomic E-state index is 13.1. The SMILES string of the molecule is COc1ccc(C#N)c2[nH]cc(C(=O)C(=O)N3CCN(c4ncnc5ccccc45)CC3)c12. The number of hydrogen-bond acceptors (Lipinski definition) is 7. The Hall–Kier alpha value is -4.45. The van der Waals surface area contributed by atoms with Gasteiger partial charge in [0.2, 0.25) is 0 Å². The zero-order valence-corrected chi connectivity index (χ0v) is 17.9. The lowest BCUT2D eigenvalue weighted by Gasteiger charge is -2.35. The summed E-state index contributed by atoms with van der Waals surface area (Å²) in [5.41, 5.74) is 1.92. The summed E-state index contributed by atoms with van der Waals surface area (Å²) in [6.45, 7) is 1.89. The molecule has 2 aromatic carbocycles. The smallest absolute Gasteiger partial charge is 0.295 e. The number of ketones is 1. The van der Waals surface area contributed by atoms with Crippen LogP contribution < -0.4 is 9.64 Å². The van der Waals surface area contributed by atoms with E-state index in [-0.39, 0.29) is 5.56 Å². The van der Waals surface area contributed by atoms with Gasteiger partial charge in [-0.25, -0.2) is 9.97 Å². The summed E-state index contributed by atoms with van der Waals surface area (Å²) < 4.78 is 5.37. The third kappa shape index (κ3) is 3.42. The number of amides is 1. The normalized spacial score (nSPS) is 13.8. The molecule has 0 bridgehead atoms. The van der Waals surface area contributed by atoms with E-state index in [1.165, 1.54) is 13.3 Å². The van der Waals surface area contributed by atoms with Gasteiger partial charge >= 0.3 is 0 Å². The molecule has 5 rings (SSSR count). The molecule has 9 nitrogen and oxygen atoms in total. The van der Waals surface area contributed by atoms with Crippen molar-refractivity contribution in [2.45, 2.75) is 0 Å². The number of carbonyl (C=O) groups is 2. The standard InChI is InChI=1S/C24H20N6O3/c1-33-19-7-6-15(12-25)21-20(19)17(13-26-21)22(31)24(32)30-10-8-29(9-11-30)23-16-4-2-3-5-18(16)27-14-28-23/h2-7,13-14,26H,8-11H2,1H3. The van der Waals surface area contributed by atoms with E-state index in [1.54, 1.807) is 23.4 Å². The van der Waals surface area contributed by atoms with Crippen molar-refractivity contribution in [1.82, 2.24) is 19.9 Å². The highest BCUT2D eigenvalue weighted by atomic mass is 16.5. The molecule has 3 heterocycles. The second-order valence-corrected chi connectivity index (χ2v) is 7.70. The van der Waals surface area contributed by atoms with Gasteiger partial charge in [-0.05, 0) is 24.3 Å². The molecule has 1 aliphatic rings. The van der Waals surface area contributed by atoms with Gasteiger partial charge in [0.15, 0.2) is 0 Å². The third-order valence-corrected chi connectivity index (χ3v) is 5.96. The number of benzene rings is 2. The molecular weight excluding hydrogens is 420 g/mol. The Morgan fingerprint density at radius 1 is 1.09 bits per heavy atom. The maximum Gasteiger partial charge on any atom is 0.295 e. The molecule has 0 atom stereocenters. The van der Waals surface area contributed by atoms with Crippen LogP contribution in [0.25, 0.3) is 21.8 Å². The highest BCUT2D eigenvalue weighted by Gasteiger charge is 2.30. The lowest BCUT2D eigenvalue weighted by Crippen LogP contribution is -2.51. The average molecular weight is 440 g/mol. The molecule has 0 unspecified atom stereocenters. The molecule has 2 aromatic heterocycles. The summed E-state index contributed by atoms with van der Waals surface area (Å²) in [6.07, 6.45) is 3.01. The molecule has 33 heavy (non-hydrogen) atoms. The first-order valence-electron chi connectivity index (χ1n) is 10.5. The minimum Gasteiger partial charge on any atom is -0.496 e. The van der Waals surface area contributed by atoms with Gasteiger partial charge in [0.1, 0.15) is 24.0 Å². The van der Waals surface area contributed by atoms with Gasteiger partial charge in [-0.15, -0.1) is 0 Å². The van der Waals surface area contributed by atoms with Gasteiger partial charge in [-0.2, -0.15) is 5.26 Å². The van der Waals surface area contributed by atoms with Crippen molar-refractivity contribution in [3.8, 4) is 11.8 Å². The van der Waals surface area contributed by atoms with Crippen LogP contribution in [0.15, 0.2) is 48.9 Å². The zero-order chi connectivity index (χ0) is 22.9. The number of nitriles is 1. The number of ether oxygens (including phenoxy) is 1. The van der Waals surface area contributed by atoms with Crippen LogP contribution in [0.1, 0.15) is 15.9 Å². The lowest BCUT2D eigenvalue weighted by atomic mass is 10.0. The summed E-state index contributed by atoms with van der Waals surface area (Å²) in [5.74, 6) is 0.0503. The van der Waals surface area contributed by atoms with Crippen LogP contribution in [0.3, 0.4) is 0 Å². The van der Waals surface area contributed by atoms with E-state index in [2.05, 4.69) is 25.9 Å². The van der Waals surface area contributed by atoms with Crippen LogP contribution in [0, 0.1) is 11.3 Å². The number of aromatic nitrogens is 3. The van der Waals surface area contributed by atoms with E-state index in [0.717, 1.165) is 16.7 Å². The molecule has 164 valence electrons. The Morgan fingerprint density at radius 2 is 1.88 bits per heavy atom. The molecule has 9 heteroatoms. The first-order valence-corrected chi connectivity index (χ1v) is 10.5. The molecule has 0 radical (unpaired) electrons. The van der Waals surface area contributed by atoms with Crippen molar-refractivity contribution >= 4 is 39.3 Å². The van der Waals surface area contributed by atoms with E-state index in [0.29, 0.717) is 48.4 Å². The van der Waals surface area contributed by atoms with Crippen LogP contribution in [-0.2, 0) is 4.79 Å². The average Bonchev–Trinajstić information content (AvgIpc) is 3.32. The van der Waals surface area contributed by atoms with Crippen LogP contribution in [0.4, 0.5) is 5.82 Å². The highest BCUT2D eigenvalue weighted by molar-refractivity contribution is 6.45. The molecule has 1 amide bonds. The Morgan fingerprint density at radius 3 is 2.64 bits per heavy atom. The third-order valence-electron chi connectivity index (χ3n) is 5.96. The molecule has 1 N–H and O–H groups in total. The number of carbonyl (C=O) groups excluding carboxylic acids is 2. The summed E-state index contributed by atoms with van der Waals surface area (Å²) in [4.78, 5) is 41.6. The number of fused-ring (bicyclic) bond motifs is 2. The minimum atomic E-state index is -0.629. The van der Waals surface area contributed by atoms with Crippen molar-refractivity contribution in [1.29, 1.82) is 5.26 Å². The zero-order valence-electron chi connectivity index (χ0n) is 17.9. The number of rotatable bonds is 4. The maximum absolute atomic E-state index is 13.1. The molecule has 0 saturated carbocycles. The van der Waals surface area contributed by atoms with Gasteiger partial charge in [0.05, 0.1) is 34.7 Å². The van der Waals surface area contributed by atoms with E-state index in [9.17, 15) is 14.9 Å². The predicted octanol–water partition coefficient (Wildman–Crippen LogP) is 2.52. The molecule has 1 fully saturated rings. The second kappa shape index (κ2) is 8.24. The van der Waals surface area contributed by atoms with Gasteiger partial charge in [-0.1, -0.05) is 12.1 Å². The first-order chi connectivity index (χ1) is 16.1. The van der Waals surface area contributed by atoms with Gasteiger partial charge < -0.3 is 19.5 Å². The molecule has 1 aliphatic heterocycles. The molecule has 1 saturated heterocycles. The van der Waals surface area contributed by atoms with Gasteiger partial charge in [-0.3, -0.25) is 9.59 Å². The van der Waals surface area contributed by atoms with Crippen LogP contribution in [-0.4, -0.2) is 64.8 Å². The van der Waals surface area contributed by atoms with Crippen molar-refractivity contribution < 1.29 is 14.3 Å². The summed E-state index contributed by atoms with van der Waals surface area (Å²) in [7, 11) is 1.49. The first kappa shape index (κ1) is 20.5. The number of methoxy groups -OCH3 is 1. The molecule has 4 aromatic rings. The molecule has 0 aliphatic carbocycles. The van der Waals surface area contributed by atoms with Crippen molar-refractivity contribution in [3.05, 3.63) is 60.0 Å². The Kier molecular flexibility index (Phi) is 5.11. The number of para-hydroxylation sites is 1. The van der Waals surface area contributed by atoms with E-state index in [1.807, 2.05) is 24.3 Å². The predicted molar refractivity (Wildman–Crippen MR) is 122 cm³/mol. The number of nitrogens with zero attached hydrogens (tertiary/aromatic N) is 5. The van der Waals surface area contributed by atoms with Crippen LogP contribution >= 0.6 is 0 Å². The Bertz CT molecular complexity index is 1420. The second-order valence-electron chi connectivity index (χ2n) is 7.70. The minimum absolute atomic E-state index is 0.202. The fourth-order valence-corrected chi connectivity index (χ4v) is 4.28. The molecular formula is C24H20N6O3. The Labute approximate surface area is 189 Å². The number of nitrogens with one attached hydrogen (secondary N) is 1. The fourth-order valence-electron chi connectivity index (χ4n) is 4.28. The quantitative estimate of drug-likeness (QED) is 0.383. The van der Waals surface area contributed by atoms with Crippen molar-refractivity contribution in [2.24, 2.45) is 0 Å². The Balaban J connectivity index is 1.37. The summed E-state index contributed by atoms with van der Waals surface area (Å²) in [6, 6.07) is 13.1. The fraction of sp³-hybridized carbons (Fsp3) is 0.208. The van der Waals surface area contributed by atoms with Crippen LogP contribution in [0.5, 0.6) is 5.75 Å². The number of aromatic amines is 1. The largest absolute Gasteiger partial charge is 0.496 e. The molecule has 0 spiro atoms. The number of piperazine rings is 1. The number of hydrogen-bond donors (Lipinski definition) is 1. The van der Waals surface area contributed by atoms with Crippen molar-refractivity contribution in [3.63, 3.8) is 0 Å². The van der Waals surface area contributed by atoms with E-state index >= 15 is 0 Å². The number of H-pyrrole nitrogens is 1. The van der Waals surface area contributed by atoms with Gasteiger partial charge in [0.25, 0.3) is 11.7 Å². The van der Waals surface area contributed by atoms with Gasteiger partial charge in [0, 0.05) is 37.8 Å². The van der Waals surface area contributed by atoms with E-state index < -0.39 is 11.7 Å². The number of anilines is 1. The lowest BCUT2D eigenvalue weighted by molar-refractivity contribution is -0.126. The number of Topliss-reactive ketones (excluding diaryl/α,β-unsaturated/α-hetero) is 1. The van der Waals surface area contributed by atoms with E-state index in [4.69, 9.17) is 4.74 Å². The monoisotopic (exact) mass is 440 g/mol. The van der Waals surface area contributed by atoms with Crippen molar-refractivity contribution in [2.75, 3.05) is 38.2 Å². The highest BCUT2D eigenvalue weighted by Crippen LogP contribution is 2.32. The summed E-state index contributed by atoms with van der Waals surface area (Å²) in [5, 5.41) is 10.8. The van der Waals surface area contributed by atoms with Crippen LogP contribution in [0.2, 0.25) is 0 Å². The summed E-state index contributed by atoms with van der Waals surface area (Å²) >= 11 is 0.